The Hall–Kier alpha value is -1.35. The molecule has 0 fully saturated rings. The minimum Gasteiger partial charge on any atom is -0.349 e. The van der Waals surface area contributed by atoms with E-state index < -0.39 is 0 Å². The maximum atomic E-state index is 12.1. The lowest BCUT2D eigenvalue weighted by Crippen LogP contribution is -2.55. The van der Waals surface area contributed by atoms with Crippen molar-refractivity contribution in [2.45, 2.75) is 52.5 Å². The highest BCUT2D eigenvalue weighted by molar-refractivity contribution is 5.77. The van der Waals surface area contributed by atoms with Gasteiger partial charge in [-0.15, -0.1) is 0 Å². The van der Waals surface area contributed by atoms with E-state index in [0.717, 1.165) is 12.8 Å². The molecule has 0 aliphatic rings. The maximum absolute atomic E-state index is 12.1. The summed E-state index contributed by atoms with van der Waals surface area (Å²) in [6.45, 7) is 8.77. The highest BCUT2D eigenvalue weighted by atomic mass is 16.1. The molecule has 0 aliphatic carbocycles. The smallest absolute Gasteiger partial charge is 0.220 e. The van der Waals surface area contributed by atoms with Crippen LogP contribution in [0, 0.1) is 5.92 Å². The molecule has 0 saturated heterocycles. The predicted molar refractivity (Wildman–Crippen MR) is 84.6 cm³/mol. The molecule has 1 aromatic carbocycles. The molecule has 112 valence electrons. The lowest BCUT2D eigenvalue weighted by molar-refractivity contribution is -0.123. The van der Waals surface area contributed by atoms with Crippen LogP contribution in [0.2, 0.25) is 0 Å². The Morgan fingerprint density at radius 1 is 1.25 bits per heavy atom. The summed E-state index contributed by atoms with van der Waals surface area (Å²) in [5.74, 6) is 0.395. The molecule has 0 saturated carbocycles. The summed E-state index contributed by atoms with van der Waals surface area (Å²) in [5.41, 5.74) is 8.00. The summed E-state index contributed by atoms with van der Waals surface area (Å²) in [6.07, 6.45) is 2.33. The quantitative estimate of drug-likeness (QED) is 0.804. The van der Waals surface area contributed by atoms with E-state index in [1.807, 2.05) is 6.92 Å². The molecule has 3 N–H and O–H groups in total. The Morgan fingerprint density at radius 3 is 2.25 bits per heavy atom. The maximum Gasteiger partial charge on any atom is 0.220 e. The van der Waals surface area contributed by atoms with Crippen LogP contribution in [0.5, 0.6) is 0 Å². The van der Waals surface area contributed by atoms with Crippen LogP contribution >= 0.6 is 0 Å². The molecule has 0 aliphatic heterocycles. The van der Waals surface area contributed by atoms with Gasteiger partial charge in [0.2, 0.25) is 5.91 Å². The standard InChI is InChI=1S/C17H28N2O/c1-5-14-6-8-15(9-7-14)10-11-16(20)19-17(4,12-18)13(2)3/h6-9,13H,5,10-12,18H2,1-4H3,(H,19,20). The van der Waals surface area contributed by atoms with Crippen LogP contribution in [0.1, 0.15) is 45.2 Å². The van der Waals surface area contributed by atoms with Crippen molar-refractivity contribution in [3.05, 3.63) is 35.4 Å². The molecule has 1 rings (SSSR count). The lowest BCUT2D eigenvalue weighted by Gasteiger charge is -2.33. The van der Waals surface area contributed by atoms with E-state index in [1.165, 1.54) is 11.1 Å². The predicted octanol–water partition coefficient (Wildman–Crippen LogP) is 2.67. The molecule has 0 bridgehead atoms. The van der Waals surface area contributed by atoms with E-state index in [4.69, 9.17) is 5.73 Å². The number of amides is 1. The fraction of sp³-hybridized carbons (Fsp3) is 0.588. The van der Waals surface area contributed by atoms with Crippen LogP contribution in [0.3, 0.4) is 0 Å². The first-order valence-electron chi connectivity index (χ1n) is 7.50. The second-order valence-electron chi connectivity index (χ2n) is 5.99. The number of aryl methyl sites for hydroxylation is 2. The third-order valence-corrected chi connectivity index (χ3v) is 4.20. The molecule has 0 radical (unpaired) electrons. The third kappa shape index (κ3) is 4.64. The Labute approximate surface area is 122 Å². The fourth-order valence-corrected chi connectivity index (χ4v) is 2.01. The highest BCUT2D eigenvalue weighted by Gasteiger charge is 2.28. The Kier molecular flexibility index (Phi) is 6.21. The Morgan fingerprint density at radius 2 is 1.80 bits per heavy atom. The topological polar surface area (TPSA) is 55.1 Å². The zero-order chi connectivity index (χ0) is 15.2. The van der Waals surface area contributed by atoms with Crippen molar-refractivity contribution in [2.75, 3.05) is 6.54 Å². The van der Waals surface area contributed by atoms with E-state index in [2.05, 4.69) is 50.4 Å². The second kappa shape index (κ2) is 7.44. The van der Waals surface area contributed by atoms with Crippen molar-refractivity contribution in [1.29, 1.82) is 0 Å². The molecule has 0 aromatic heterocycles. The Bertz CT molecular complexity index is 425. The number of carbonyl (C=O) groups excluding carboxylic acids is 1. The van der Waals surface area contributed by atoms with Crippen LogP contribution in [0.15, 0.2) is 24.3 Å². The molecule has 0 heterocycles. The zero-order valence-corrected chi connectivity index (χ0v) is 13.2. The van der Waals surface area contributed by atoms with Gasteiger partial charge in [0.25, 0.3) is 0 Å². The van der Waals surface area contributed by atoms with Gasteiger partial charge in [0, 0.05) is 13.0 Å². The molecular formula is C17H28N2O. The first-order valence-corrected chi connectivity index (χ1v) is 7.50. The summed E-state index contributed by atoms with van der Waals surface area (Å²) in [6, 6.07) is 8.48. The first kappa shape index (κ1) is 16.7. The molecule has 1 aromatic rings. The van der Waals surface area contributed by atoms with Crippen molar-refractivity contribution in [3.63, 3.8) is 0 Å². The average molecular weight is 276 g/mol. The molecule has 1 unspecified atom stereocenters. The summed E-state index contributed by atoms with van der Waals surface area (Å²) in [7, 11) is 0. The van der Waals surface area contributed by atoms with E-state index in [-0.39, 0.29) is 11.4 Å². The van der Waals surface area contributed by atoms with Crippen molar-refractivity contribution in [2.24, 2.45) is 11.7 Å². The molecule has 20 heavy (non-hydrogen) atoms. The minimum atomic E-state index is -0.316. The van der Waals surface area contributed by atoms with Gasteiger partial charge in [-0.25, -0.2) is 0 Å². The highest BCUT2D eigenvalue weighted by Crippen LogP contribution is 2.15. The summed E-state index contributed by atoms with van der Waals surface area (Å²) in [4.78, 5) is 12.1. The van der Waals surface area contributed by atoms with Gasteiger partial charge in [0.05, 0.1) is 5.54 Å². The number of benzene rings is 1. The van der Waals surface area contributed by atoms with Gasteiger partial charge in [-0.1, -0.05) is 45.0 Å². The largest absolute Gasteiger partial charge is 0.349 e. The number of nitrogens with one attached hydrogen (secondary N) is 1. The van der Waals surface area contributed by atoms with Gasteiger partial charge in [-0.05, 0) is 36.8 Å². The number of hydrogen-bond acceptors (Lipinski definition) is 2. The van der Waals surface area contributed by atoms with Crippen LogP contribution in [-0.2, 0) is 17.6 Å². The van der Waals surface area contributed by atoms with Gasteiger partial charge in [-0.3, -0.25) is 4.79 Å². The fourth-order valence-electron chi connectivity index (χ4n) is 2.01. The van der Waals surface area contributed by atoms with E-state index in [0.29, 0.717) is 18.9 Å². The summed E-state index contributed by atoms with van der Waals surface area (Å²) >= 11 is 0. The number of hydrogen-bond donors (Lipinski definition) is 2. The van der Waals surface area contributed by atoms with Crippen LogP contribution in [0.4, 0.5) is 0 Å². The lowest BCUT2D eigenvalue weighted by atomic mass is 9.88. The van der Waals surface area contributed by atoms with Crippen LogP contribution in [0.25, 0.3) is 0 Å². The summed E-state index contributed by atoms with van der Waals surface area (Å²) < 4.78 is 0. The first-order chi connectivity index (χ1) is 9.41. The number of carbonyl (C=O) groups is 1. The van der Waals surface area contributed by atoms with Crippen LogP contribution in [-0.4, -0.2) is 18.0 Å². The van der Waals surface area contributed by atoms with Gasteiger partial charge in [0.15, 0.2) is 0 Å². The second-order valence-corrected chi connectivity index (χ2v) is 5.99. The van der Waals surface area contributed by atoms with E-state index >= 15 is 0 Å². The third-order valence-electron chi connectivity index (χ3n) is 4.20. The molecular weight excluding hydrogens is 248 g/mol. The van der Waals surface area contributed by atoms with Gasteiger partial charge >= 0.3 is 0 Å². The normalized spacial score (nSPS) is 14.1. The van der Waals surface area contributed by atoms with Gasteiger partial charge in [-0.2, -0.15) is 0 Å². The molecule has 3 nitrogen and oxygen atoms in total. The van der Waals surface area contributed by atoms with Gasteiger partial charge < -0.3 is 11.1 Å². The van der Waals surface area contributed by atoms with Crippen LogP contribution < -0.4 is 11.1 Å². The van der Waals surface area contributed by atoms with Crippen molar-refractivity contribution in [1.82, 2.24) is 5.32 Å². The summed E-state index contributed by atoms with van der Waals surface area (Å²) in [5, 5.41) is 3.07. The molecule has 1 amide bonds. The SMILES string of the molecule is CCc1ccc(CCC(=O)NC(C)(CN)C(C)C)cc1. The monoisotopic (exact) mass is 276 g/mol. The molecule has 1 atom stereocenters. The average Bonchev–Trinajstić information content (AvgIpc) is 2.45. The van der Waals surface area contributed by atoms with E-state index in [9.17, 15) is 4.79 Å². The minimum absolute atomic E-state index is 0.0752. The van der Waals surface area contributed by atoms with Crippen molar-refractivity contribution >= 4 is 5.91 Å². The van der Waals surface area contributed by atoms with E-state index in [1.54, 1.807) is 0 Å². The zero-order valence-electron chi connectivity index (χ0n) is 13.2. The Balaban J connectivity index is 2.50. The number of rotatable bonds is 7. The van der Waals surface area contributed by atoms with Crippen molar-refractivity contribution in [3.8, 4) is 0 Å². The molecule has 0 spiro atoms. The number of nitrogens with two attached hydrogens (primary N) is 1. The van der Waals surface area contributed by atoms with Crippen molar-refractivity contribution < 1.29 is 4.79 Å². The molecule has 3 heteroatoms. The van der Waals surface area contributed by atoms with Gasteiger partial charge in [0.1, 0.15) is 0 Å².